The fourth-order valence-electron chi connectivity index (χ4n) is 3.95. The Balaban J connectivity index is 0.00000210. The van der Waals surface area contributed by atoms with E-state index < -0.39 is 11.4 Å². The highest BCUT2D eigenvalue weighted by atomic mass is 127. The van der Waals surface area contributed by atoms with Crippen LogP contribution in [0.5, 0.6) is 0 Å². The summed E-state index contributed by atoms with van der Waals surface area (Å²) in [6.07, 6.45) is 1.43. The van der Waals surface area contributed by atoms with E-state index in [1.54, 1.807) is 0 Å². The monoisotopic (exact) mass is 479 g/mol. The molecule has 2 aliphatic heterocycles. The predicted molar refractivity (Wildman–Crippen MR) is 99.4 cm³/mol. The van der Waals surface area contributed by atoms with Crippen LogP contribution in [0.25, 0.3) is 0 Å². The lowest BCUT2D eigenvalue weighted by molar-refractivity contribution is -0.898. The van der Waals surface area contributed by atoms with E-state index in [0.717, 1.165) is 34.3 Å². The molecule has 2 heterocycles. The highest BCUT2D eigenvalue weighted by Crippen LogP contribution is 2.49. The number of ether oxygens (including phenoxy) is 2. The number of rotatable bonds is 2. The molecule has 0 bridgehead atoms. The van der Waals surface area contributed by atoms with Crippen LogP contribution in [-0.2, 0) is 19.9 Å². The van der Waals surface area contributed by atoms with Gasteiger partial charge in [0, 0.05) is 0 Å². The normalized spacial score (nSPS) is 25.7. The minimum atomic E-state index is -1.19. The van der Waals surface area contributed by atoms with E-state index >= 15 is 0 Å². The van der Waals surface area contributed by atoms with Crippen molar-refractivity contribution in [3.63, 3.8) is 0 Å². The van der Waals surface area contributed by atoms with Gasteiger partial charge in [0.05, 0.1) is 40.0 Å². The molecular formula is C22H26INO3. The molecule has 0 saturated carbocycles. The third-order valence-corrected chi connectivity index (χ3v) is 5.74. The van der Waals surface area contributed by atoms with E-state index in [2.05, 4.69) is 14.1 Å². The number of nitrogens with zero attached hydrogens (tertiary/aromatic N) is 1. The van der Waals surface area contributed by atoms with Gasteiger partial charge in [-0.25, -0.2) is 4.79 Å². The molecule has 2 aromatic rings. The average molecular weight is 479 g/mol. The molecule has 144 valence electrons. The maximum atomic E-state index is 13.3. The van der Waals surface area contributed by atoms with Crippen LogP contribution in [0.4, 0.5) is 0 Å². The molecule has 0 N–H and O–H groups in total. The van der Waals surface area contributed by atoms with Gasteiger partial charge < -0.3 is 37.9 Å². The largest absolute Gasteiger partial charge is 1.00 e. The van der Waals surface area contributed by atoms with Gasteiger partial charge in [-0.3, -0.25) is 0 Å². The Morgan fingerprint density at radius 1 is 0.889 bits per heavy atom. The summed E-state index contributed by atoms with van der Waals surface area (Å²) in [4.78, 5) is 13.3. The second-order valence-corrected chi connectivity index (χ2v) is 8.20. The lowest BCUT2D eigenvalue weighted by atomic mass is 9.86. The van der Waals surface area contributed by atoms with E-state index in [4.69, 9.17) is 9.47 Å². The van der Waals surface area contributed by atoms with Crippen LogP contribution in [0.2, 0.25) is 0 Å². The minimum absolute atomic E-state index is 0. The van der Waals surface area contributed by atoms with Gasteiger partial charge in [-0.2, -0.15) is 0 Å². The van der Waals surface area contributed by atoms with Crippen LogP contribution in [-0.4, -0.2) is 43.4 Å². The Morgan fingerprint density at radius 2 is 1.44 bits per heavy atom. The quantitative estimate of drug-likeness (QED) is 0.355. The molecule has 1 atom stereocenters. The standard InChI is InChI=1S/C22H26NO3.HI/c1-17-9-11-19(12-10-17)22(18-7-5-4-6-8-18)20(24)25-21(26-22)13-15-23(2,3)16-14-21;/h4-12H,13-16H2,1-3H3;1H/q+1;/p-1. The molecule has 0 amide bonds. The van der Waals surface area contributed by atoms with E-state index in [-0.39, 0.29) is 29.9 Å². The molecule has 2 fully saturated rings. The summed E-state index contributed by atoms with van der Waals surface area (Å²) in [5.41, 5.74) is 1.61. The number of likely N-dealkylation sites (tertiary alicyclic amines) is 1. The second-order valence-electron chi connectivity index (χ2n) is 8.20. The number of carbonyl (C=O) groups excluding carboxylic acids is 1. The summed E-state index contributed by atoms with van der Waals surface area (Å²) in [7, 11) is 4.40. The first kappa shape index (κ1) is 20.3. The van der Waals surface area contributed by atoms with Gasteiger partial charge >= 0.3 is 5.97 Å². The molecule has 0 aliphatic carbocycles. The molecule has 0 aromatic heterocycles. The first-order valence-corrected chi connectivity index (χ1v) is 9.24. The zero-order chi connectivity index (χ0) is 18.4. The van der Waals surface area contributed by atoms with Gasteiger partial charge in [0.15, 0.2) is 0 Å². The number of halogens is 1. The van der Waals surface area contributed by atoms with Crippen molar-refractivity contribution in [3.8, 4) is 0 Å². The Labute approximate surface area is 178 Å². The number of benzene rings is 2. The molecule has 27 heavy (non-hydrogen) atoms. The van der Waals surface area contributed by atoms with Crippen molar-refractivity contribution in [2.45, 2.75) is 31.2 Å². The summed E-state index contributed by atoms with van der Waals surface area (Å²) in [6, 6.07) is 17.7. The molecule has 2 saturated heterocycles. The summed E-state index contributed by atoms with van der Waals surface area (Å²) < 4.78 is 13.5. The molecule has 0 radical (unpaired) electrons. The first-order chi connectivity index (χ1) is 12.4. The molecule has 5 heteroatoms. The number of aryl methyl sites for hydroxylation is 1. The summed E-state index contributed by atoms with van der Waals surface area (Å²) in [5, 5.41) is 0. The van der Waals surface area contributed by atoms with E-state index in [0.29, 0.717) is 12.8 Å². The Kier molecular flexibility index (Phi) is 5.40. The van der Waals surface area contributed by atoms with Gasteiger partial charge in [-0.1, -0.05) is 60.2 Å². The van der Waals surface area contributed by atoms with Crippen molar-refractivity contribution in [1.82, 2.24) is 0 Å². The molecule has 4 rings (SSSR count). The molecule has 1 unspecified atom stereocenters. The van der Waals surface area contributed by atoms with Gasteiger partial charge in [0.1, 0.15) is 0 Å². The first-order valence-electron chi connectivity index (χ1n) is 9.24. The molecule has 2 aliphatic rings. The number of esters is 1. The Bertz CT molecular complexity index is 809. The minimum Gasteiger partial charge on any atom is -1.00 e. The van der Waals surface area contributed by atoms with Crippen LogP contribution in [0.15, 0.2) is 54.6 Å². The fraction of sp³-hybridized carbons (Fsp3) is 0.409. The number of carbonyl (C=O) groups is 1. The Morgan fingerprint density at radius 3 is 2.04 bits per heavy atom. The van der Waals surface area contributed by atoms with Crippen LogP contribution < -0.4 is 24.0 Å². The zero-order valence-electron chi connectivity index (χ0n) is 16.1. The molecule has 1 spiro atoms. The number of hydrogen-bond acceptors (Lipinski definition) is 3. The highest BCUT2D eigenvalue weighted by molar-refractivity contribution is 5.87. The van der Waals surface area contributed by atoms with Crippen molar-refractivity contribution < 1.29 is 42.7 Å². The Hall–Kier alpha value is -1.44. The number of hydrogen-bond donors (Lipinski definition) is 0. The predicted octanol–water partition coefficient (Wildman–Crippen LogP) is 0.383. The van der Waals surface area contributed by atoms with Crippen LogP contribution in [0.3, 0.4) is 0 Å². The third-order valence-electron chi connectivity index (χ3n) is 5.74. The molecular weight excluding hydrogens is 453 g/mol. The van der Waals surface area contributed by atoms with Gasteiger partial charge in [0.2, 0.25) is 11.4 Å². The maximum absolute atomic E-state index is 13.3. The van der Waals surface area contributed by atoms with E-state index in [1.165, 1.54) is 0 Å². The second kappa shape index (κ2) is 7.18. The number of quaternary nitrogens is 1. The highest BCUT2D eigenvalue weighted by Gasteiger charge is 2.61. The third kappa shape index (κ3) is 3.52. The van der Waals surface area contributed by atoms with Crippen molar-refractivity contribution >= 4 is 5.97 Å². The summed E-state index contributed by atoms with van der Waals surface area (Å²) in [5.74, 6) is -1.13. The van der Waals surface area contributed by atoms with E-state index in [9.17, 15) is 4.79 Å². The molecule has 2 aromatic carbocycles. The van der Waals surface area contributed by atoms with Crippen molar-refractivity contribution in [2.75, 3.05) is 27.2 Å². The fourth-order valence-corrected chi connectivity index (χ4v) is 3.95. The summed E-state index contributed by atoms with van der Waals surface area (Å²) in [6.45, 7) is 3.88. The smallest absolute Gasteiger partial charge is 0.350 e. The SMILES string of the molecule is Cc1ccc(C2(c3ccccc3)OC3(CC[N+](C)(C)CC3)OC2=O)cc1.[I-]. The lowest BCUT2D eigenvalue weighted by Gasteiger charge is -2.41. The van der Waals surface area contributed by atoms with Gasteiger partial charge in [-0.05, 0) is 18.1 Å². The maximum Gasteiger partial charge on any atom is 0.350 e. The van der Waals surface area contributed by atoms with Gasteiger partial charge in [0.25, 0.3) is 0 Å². The van der Waals surface area contributed by atoms with Crippen LogP contribution in [0.1, 0.15) is 29.5 Å². The summed E-state index contributed by atoms with van der Waals surface area (Å²) >= 11 is 0. The van der Waals surface area contributed by atoms with Crippen molar-refractivity contribution in [1.29, 1.82) is 0 Å². The topological polar surface area (TPSA) is 35.5 Å². The van der Waals surface area contributed by atoms with E-state index in [1.807, 2.05) is 61.5 Å². The van der Waals surface area contributed by atoms with Crippen molar-refractivity contribution in [3.05, 3.63) is 71.3 Å². The van der Waals surface area contributed by atoms with Crippen molar-refractivity contribution in [2.24, 2.45) is 0 Å². The van der Waals surface area contributed by atoms with Gasteiger partial charge in [-0.15, -0.1) is 0 Å². The zero-order valence-corrected chi connectivity index (χ0v) is 18.2. The average Bonchev–Trinajstić information content (AvgIpc) is 2.93. The number of piperidine rings is 1. The van der Waals surface area contributed by atoms with Crippen LogP contribution >= 0.6 is 0 Å². The van der Waals surface area contributed by atoms with Crippen LogP contribution in [0, 0.1) is 6.92 Å². The molecule has 4 nitrogen and oxygen atoms in total. The lowest BCUT2D eigenvalue weighted by Crippen LogP contribution is -3.00.